The van der Waals surface area contributed by atoms with Crippen molar-refractivity contribution in [2.24, 2.45) is 0 Å². The van der Waals surface area contributed by atoms with Crippen molar-refractivity contribution in [2.75, 3.05) is 6.54 Å². The lowest BCUT2D eigenvalue weighted by Crippen LogP contribution is -2.27. The summed E-state index contributed by atoms with van der Waals surface area (Å²) in [5.74, 6) is 0.184. The van der Waals surface area contributed by atoms with Crippen LogP contribution in [0.1, 0.15) is 35.3 Å². The predicted octanol–water partition coefficient (Wildman–Crippen LogP) is 0.683. The van der Waals surface area contributed by atoms with Gasteiger partial charge >= 0.3 is 0 Å². The normalized spacial score (nSPS) is 10.8. The van der Waals surface area contributed by atoms with Crippen molar-refractivity contribution in [1.82, 2.24) is 30.5 Å². The van der Waals surface area contributed by atoms with Gasteiger partial charge in [-0.15, -0.1) is 16.4 Å². The van der Waals surface area contributed by atoms with E-state index in [1.54, 1.807) is 10.1 Å². The number of carbonyl (C=O) groups excluding carboxylic acids is 1. The van der Waals surface area contributed by atoms with Gasteiger partial charge in [0.2, 0.25) is 0 Å². The van der Waals surface area contributed by atoms with Crippen molar-refractivity contribution in [1.29, 1.82) is 0 Å². The van der Waals surface area contributed by atoms with Crippen LogP contribution in [-0.4, -0.2) is 37.6 Å². The van der Waals surface area contributed by atoms with E-state index in [0.29, 0.717) is 24.7 Å². The quantitative estimate of drug-likeness (QED) is 0.860. The van der Waals surface area contributed by atoms with Crippen LogP contribution in [0.25, 0.3) is 0 Å². The van der Waals surface area contributed by atoms with Crippen LogP contribution in [0.15, 0.2) is 11.7 Å². The van der Waals surface area contributed by atoms with E-state index >= 15 is 0 Å². The molecule has 8 heteroatoms. The standard InChI is InChI=1S/C10H14N6OS/c1-7(2)10-13-8(5-18-10)9(17)11-3-4-16-6-12-14-15-16/h5-7H,3-4H2,1-2H3,(H,11,17). The van der Waals surface area contributed by atoms with Crippen molar-refractivity contribution < 1.29 is 4.79 Å². The van der Waals surface area contributed by atoms with E-state index in [-0.39, 0.29) is 5.91 Å². The number of rotatable bonds is 5. The van der Waals surface area contributed by atoms with Crippen molar-refractivity contribution in [2.45, 2.75) is 26.3 Å². The molecule has 0 fully saturated rings. The minimum absolute atomic E-state index is 0.161. The Morgan fingerprint density at radius 2 is 2.39 bits per heavy atom. The van der Waals surface area contributed by atoms with E-state index in [0.717, 1.165) is 5.01 Å². The molecule has 0 spiro atoms. The molecular weight excluding hydrogens is 252 g/mol. The fourth-order valence-corrected chi connectivity index (χ4v) is 2.13. The maximum Gasteiger partial charge on any atom is 0.270 e. The van der Waals surface area contributed by atoms with Crippen LogP contribution in [0.3, 0.4) is 0 Å². The van der Waals surface area contributed by atoms with Crippen LogP contribution in [-0.2, 0) is 6.54 Å². The molecule has 0 aliphatic rings. The number of nitrogens with zero attached hydrogens (tertiary/aromatic N) is 5. The van der Waals surface area contributed by atoms with E-state index in [4.69, 9.17) is 0 Å². The van der Waals surface area contributed by atoms with Crippen LogP contribution in [0, 0.1) is 0 Å². The smallest absolute Gasteiger partial charge is 0.270 e. The molecule has 0 unspecified atom stereocenters. The molecule has 0 bridgehead atoms. The summed E-state index contributed by atoms with van der Waals surface area (Å²) in [5, 5.41) is 16.3. The number of thiazole rings is 1. The third kappa shape index (κ3) is 3.10. The van der Waals surface area contributed by atoms with Gasteiger partial charge in [0.25, 0.3) is 5.91 Å². The molecule has 2 rings (SSSR count). The SMILES string of the molecule is CC(C)c1nc(C(=O)NCCn2cnnn2)cs1. The summed E-state index contributed by atoms with van der Waals surface area (Å²) in [6.07, 6.45) is 1.51. The largest absolute Gasteiger partial charge is 0.349 e. The molecule has 2 aromatic rings. The van der Waals surface area contributed by atoms with Gasteiger partial charge in [-0.3, -0.25) is 4.79 Å². The van der Waals surface area contributed by atoms with Crippen LogP contribution in [0.4, 0.5) is 0 Å². The van der Waals surface area contributed by atoms with Crippen molar-refractivity contribution in [3.05, 3.63) is 22.4 Å². The van der Waals surface area contributed by atoms with E-state index in [9.17, 15) is 4.79 Å². The molecule has 1 N–H and O–H groups in total. The van der Waals surface area contributed by atoms with Crippen LogP contribution < -0.4 is 5.32 Å². The summed E-state index contributed by atoms with van der Waals surface area (Å²) in [6.45, 7) is 5.12. The molecule has 0 aromatic carbocycles. The third-order valence-corrected chi connectivity index (χ3v) is 3.41. The zero-order valence-electron chi connectivity index (χ0n) is 10.2. The molecule has 1 amide bonds. The van der Waals surface area contributed by atoms with Crippen molar-refractivity contribution in [3.8, 4) is 0 Å². The number of nitrogens with one attached hydrogen (secondary N) is 1. The fourth-order valence-electron chi connectivity index (χ4n) is 1.31. The molecule has 7 nitrogen and oxygen atoms in total. The number of carbonyl (C=O) groups is 1. The predicted molar refractivity (Wildman–Crippen MR) is 66.4 cm³/mol. The van der Waals surface area contributed by atoms with Gasteiger partial charge in [0.1, 0.15) is 12.0 Å². The molecule has 0 atom stereocenters. The van der Waals surface area contributed by atoms with Gasteiger partial charge in [-0.25, -0.2) is 9.67 Å². The second-order valence-electron chi connectivity index (χ2n) is 4.05. The Labute approximate surface area is 108 Å². The van der Waals surface area contributed by atoms with Gasteiger partial charge in [0.15, 0.2) is 0 Å². The summed E-state index contributed by atoms with van der Waals surface area (Å²) in [7, 11) is 0. The molecule has 0 saturated heterocycles. The van der Waals surface area contributed by atoms with Gasteiger partial charge in [-0.05, 0) is 10.4 Å². The first-order valence-electron chi connectivity index (χ1n) is 5.61. The van der Waals surface area contributed by atoms with Crippen molar-refractivity contribution >= 4 is 17.2 Å². The zero-order valence-corrected chi connectivity index (χ0v) is 11.0. The molecule has 0 aliphatic carbocycles. The van der Waals surface area contributed by atoms with Gasteiger partial charge in [-0.2, -0.15) is 0 Å². The Hall–Kier alpha value is -1.83. The lowest BCUT2D eigenvalue weighted by atomic mass is 10.2. The Morgan fingerprint density at radius 1 is 1.56 bits per heavy atom. The number of aromatic nitrogens is 5. The average Bonchev–Trinajstić information content (AvgIpc) is 2.99. The first-order chi connectivity index (χ1) is 8.66. The van der Waals surface area contributed by atoms with E-state index < -0.39 is 0 Å². The van der Waals surface area contributed by atoms with Crippen LogP contribution in [0.2, 0.25) is 0 Å². The topological polar surface area (TPSA) is 85.6 Å². The second-order valence-corrected chi connectivity index (χ2v) is 4.94. The molecule has 96 valence electrons. The summed E-state index contributed by atoms with van der Waals surface area (Å²) < 4.78 is 1.56. The van der Waals surface area contributed by atoms with Gasteiger partial charge in [0.05, 0.1) is 11.6 Å². The summed E-state index contributed by atoms with van der Waals surface area (Å²) in [6, 6.07) is 0. The molecule has 0 saturated carbocycles. The Morgan fingerprint density at radius 3 is 3.00 bits per heavy atom. The van der Waals surface area contributed by atoms with E-state index in [1.807, 2.05) is 0 Å². The maximum absolute atomic E-state index is 11.8. The number of amides is 1. The Kier molecular flexibility index (Phi) is 3.98. The average molecular weight is 266 g/mol. The van der Waals surface area contributed by atoms with Crippen LogP contribution >= 0.6 is 11.3 Å². The monoisotopic (exact) mass is 266 g/mol. The summed E-state index contributed by atoms with van der Waals surface area (Å²) in [5.41, 5.74) is 0.473. The molecule has 0 aliphatic heterocycles. The molecule has 2 heterocycles. The fraction of sp³-hybridized carbons (Fsp3) is 0.500. The van der Waals surface area contributed by atoms with Gasteiger partial charge in [-0.1, -0.05) is 13.8 Å². The molecular formula is C10H14N6OS. The third-order valence-electron chi connectivity index (χ3n) is 2.27. The van der Waals surface area contributed by atoms with Gasteiger partial charge in [0, 0.05) is 17.8 Å². The second kappa shape index (κ2) is 5.67. The minimum atomic E-state index is -0.161. The highest BCUT2D eigenvalue weighted by atomic mass is 32.1. The molecule has 18 heavy (non-hydrogen) atoms. The highest BCUT2D eigenvalue weighted by Gasteiger charge is 2.11. The lowest BCUT2D eigenvalue weighted by molar-refractivity contribution is 0.0947. The summed E-state index contributed by atoms with van der Waals surface area (Å²) in [4.78, 5) is 16.1. The number of hydrogen-bond donors (Lipinski definition) is 1. The van der Waals surface area contributed by atoms with E-state index in [1.165, 1.54) is 17.7 Å². The van der Waals surface area contributed by atoms with E-state index in [2.05, 4.69) is 39.7 Å². The first-order valence-corrected chi connectivity index (χ1v) is 6.49. The van der Waals surface area contributed by atoms with Crippen molar-refractivity contribution in [3.63, 3.8) is 0 Å². The minimum Gasteiger partial charge on any atom is -0.349 e. The first kappa shape index (κ1) is 12.6. The number of hydrogen-bond acceptors (Lipinski definition) is 6. The Bertz CT molecular complexity index is 506. The highest BCUT2D eigenvalue weighted by Crippen LogP contribution is 2.18. The molecule has 0 radical (unpaired) electrons. The lowest BCUT2D eigenvalue weighted by Gasteiger charge is -2.02. The zero-order chi connectivity index (χ0) is 13.0. The van der Waals surface area contributed by atoms with Crippen LogP contribution in [0.5, 0.6) is 0 Å². The van der Waals surface area contributed by atoms with Gasteiger partial charge < -0.3 is 5.32 Å². The maximum atomic E-state index is 11.8. The highest BCUT2D eigenvalue weighted by molar-refractivity contribution is 7.09. The Balaban J connectivity index is 1.83. The summed E-state index contributed by atoms with van der Waals surface area (Å²) >= 11 is 1.51. The molecule has 2 aromatic heterocycles. The number of tetrazole rings is 1.